The van der Waals surface area contributed by atoms with Crippen molar-refractivity contribution >= 4 is 11.6 Å². The topological polar surface area (TPSA) is 23.6 Å². The second kappa shape index (κ2) is 7.14. The Labute approximate surface area is 142 Å². The van der Waals surface area contributed by atoms with Crippen LogP contribution in [0.3, 0.4) is 0 Å². The van der Waals surface area contributed by atoms with Crippen LogP contribution in [0.2, 0.25) is 0 Å². The van der Waals surface area contributed by atoms with Crippen molar-refractivity contribution in [1.82, 2.24) is 4.90 Å². The van der Waals surface area contributed by atoms with Gasteiger partial charge >= 0.3 is 0 Å². The van der Waals surface area contributed by atoms with E-state index in [2.05, 4.69) is 24.0 Å². The van der Waals surface area contributed by atoms with E-state index in [1.807, 2.05) is 24.0 Å². The number of piperazine rings is 1. The van der Waals surface area contributed by atoms with E-state index in [4.69, 9.17) is 0 Å². The Bertz CT molecular complexity index is 697. The van der Waals surface area contributed by atoms with Gasteiger partial charge in [-0.3, -0.25) is 9.69 Å². The first-order chi connectivity index (χ1) is 11.6. The molecule has 126 valence electrons. The molecule has 0 spiro atoms. The van der Waals surface area contributed by atoms with Gasteiger partial charge in [0.25, 0.3) is 0 Å². The van der Waals surface area contributed by atoms with Crippen molar-refractivity contribution in [3.05, 3.63) is 65.5 Å². The molecule has 0 bridgehead atoms. The summed E-state index contributed by atoms with van der Waals surface area (Å²) in [5.41, 5.74) is 3.26. The van der Waals surface area contributed by atoms with E-state index < -0.39 is 0 Å². The highest BCUT2D eigenvalue weighted by molar-refractivity contribution is 5.97. The number of hydrogen-bond donors (Lipinski definition) is 0. The van der Waals surface area contributed by atoms with Crippen LogP contribution in [0.5, 0.6) is 0 Å². The minimum absolute atomic E-state index is 0.118. The number of nitrogens with zero attached hydrogens (tertiary/aromatic N) is 2. The standard InChI is InChI=1S/C20H23FN2O/c1-3-16-6-10-19(11-7-16)23-13-12-22(15(2)20(23)24)14-17-4-8-18(21)9-5-17/h4-11,15H,3,12-14H2,1-2H3. The quantitative estimate of drug-likeness (QED) is 0.857. The smallest absolute Gasteiger partial charge is 0.244 e. The highest BCUT2D eigenvalue weighted by atomic mass is 19.1. The fourth-order valence-corrected chi connectivity index (χ4v) is 3.12. The summed E-state index contributed by atoms with van der Waals surface area (Å²) in [6, 6.07) is 14.5. The Kier molecular flexibility index (Phi) is 4.95. The fraction of sp³-hybridized carbons (Fsp3) is 0.350. The Morgan fingerprint density at radius 3 is 2.25 bits per heavy atom. The molecule has 4 heteroatoms. The second-order valence-electron chi connectivity index (χ2n) is 6.28. The lowest BCUT2D eigenvalue weighted by atomic mass is 10.1. The second-order valence-corrected chi connectivity index (χ2v) is 6.28. The average Bonchev–Trinajstić information content (AvgIpc) is 2.61. The van der Waals surface area contributed by atoms with E-state index in [0.717, 1.165) is 24.2 Å². The molecule has 2 aromatic carbocycles. The summed E-state index contributed by atoms with van der Waals surface area (Å²) in [7, 11) is 0. The van der Waals surface area contributed by atoms with E-state index in [-0.39, 0.29) is 17.8 Å². The third-order valence-corrected chi connectivity index (χ3v) is 4.74. The number of carbonyl (C=O) groups is 1. The van der Waals surface area contributed by atoms with Gasteiger partial charge in [0.05, 0.1) is 6.04 Å². The number of hydrogen-bond acceptors (Lipinski definition) is 2. The molecule has 1 aliphatic heterocycles. The molecule has 1 saturated heterocycles. The first-order valence-corrected chi connectivity index (χ1v) is 8.47. The minimum atomic E-state index is -0.233. The third-order valence-electron chi connectivity index (χ3n) is 4.74. The minimum Gasteiger partial charge on any atom is -0.310 e. The summed E-state index contributed by atoms with van der Waals surface area (Å²) in [5, 5.41) is 0. The number of amides is 1. The molecule has 1 heterocycles. The molecule has 1 amide bonds. The van der Waals surface area contributed by atoms with Crippen molar-refractivity contribution in [1.29, 1.82) is 0 Å². The van der Waals surface area contributed by atoms with Crippen LogP contribution in [0.4, 0.5) is 10.1 Å². The lowest BCUT2D eigenvalue weighted by Crippen LogP contribution is -2.55. The van der Waals surface area contributed by atoms with Crippen molar-refractivity contribution in [3.8, 4) is 0 Å². The van der Waals surface area contributed by atoms with E-state index in [1.165, 1.54) is 17.7 Å². The highest BCUT2D eigenvalue weighted by Gasteiger charge is 2.32. The van der Waals surface area contributed by atoms with Crippen LogP contribution in [0.25, 0.3) is 0 Å². The van der Waals surface area contributed by atoms with E-state index in [0.29, 0.717) is 13.1 Å². The van der Waals surface area contributed by atoms with Crippen molar-refractivity contribution in [2.45, 2.75) is 32.9 Å². The predicted molar refractivity (Wildman–Crippen MR) is 94.4 cm³/mol. The zero-order chi connectivity index (χ0) is 17.1. The van der Waals surface area contributed by atoms with Crippen LogP contribution >= 0.6 is 0 Å². The molecule has 0 aromatic heterocycles. The van der Waals surface area contributed by atoms with Gasteiger partial charge in [-0.05, 0) is 48.7 Å². The maximum absolute atomic E-state index is 13.0. The molecule has 24 heavy (non-hydrogen) atoms. The van der Waals surface area contributed by atoms with Gasteiger partial charge < -0.3 is 4.90 Å². The van der Waals surface area contributed by atoms with Gasteiger partial charge in [0, 0.05) is 25.3 Å². The van der Waals surface area contributed by atoms with Crippen LogP contribution in [-0.4, -0.2) is 29.9 Å². The number of anilines is 1. The van der Waals surface area contributed by atoms with Gasteiger partial charge in [0.1, 0.15) is 5.82 Å². The molecule has 0 N–H and O–H groups in total. The lowest BCUT2D eigenvalue weighted by molar-refractivity contribution is -0.125. The summed E-state index contributed by atoms with van der Waals surface area (Å²) in [6.07, 6.45) is 0.996. The van der Waals surface area contributed by atoms with Crippen LogP contribution < -0.4 is 4.90 Å². The lowest BCUT2D eigenvalue weighted by Gasteiger charge is -2.39. The Hall–Kier alpha value is -2.20. The van der Waals surface area contributed by atoms with Crippen LogP contribution in [0.1, 0.15) is 25.0 Å². The van der Waals surface area contributed by atoms with Gasteiger partial charge in [-0.15, -0.1) is 0 Å². The summed E-state index contributed by atoms with van der Waals surface area (Å²) in [6.45, 7) is 6.21. The molecular formula is C20H23FN2O. The first kappa shape index (κ1) is 16.7. The molecule has 1 unspecified atom stereocenters. The summed E-state index contributed by atoms with van der Waals surface area (Å²) >= 11 is 0. The molecule has 2 aromatic rings. The molecule has 1 atom stereocenters. The number of benzene rings is 2. The zero-order valence-electron chi connectivity index (χ0n) is 14.2. The fourth-order valence-electron chi connectivity index (χ4n) is 3.12. The monoisotopic (exact) mass is 326 g/mol. The van der Waals surface area contributed by atoms with Crippen LogP contribution in [-0.2, 0) is 17.8 Å². The Morgan fingerprint density at radius 1 is 1.00 bits per heavy atom. The maximum Gasteiger partial charge on any atom is 0.244 e. The number of rotatable bonds is 4. The summed E-state index contributed by atoms with van der Waals surface area (Å²) in [4.78, 5) is 16.8. The van der Waals surface area contributed by atoms with E-state index in [1.54, 1.807) is 12.1 Å². The van der Waals surface area contributed by atoms with Crippen molar-refractivity contribution < 1.29 is 9.18 Å². The molecule has 3 rings (SSSR count). The van der Waals surface area contributed by atoms with Crippen molar-refractivity contribution in [2.24, 2.45) is 0 Å². The summed E-state index contributed by atoms with van der Waals surface area (Å²) in [5.74, 6) is -0.115. The largest absolute Gasteiger partial charge is 0.310 e. The number of halogens is 1. The molecule has 3 nitrogen and oxygen atoms in total. The molecule has 1 aliphatic rings. The number of aryl methyl sites for hydroxylation is 1. The molecule has 0 saturated carbocycles. The Morgan fingerprint density at radius 2 is 1.62 bits per heavy atom. The van der Waals surface area contributed by atoms with Gasteiger partial charge in [-0.25, -0.2) is 4.39 Å². The average molecular weight is 326 g/mol. The first-order valence-electron chi connectivity index (χ1n) is 8.47. The summed E-state index contributed by atoms with van der Waals surface area (Å²) < 4.78 is 13.0. The molecule has 0 radical (unpaired) electrons. The SMILES string of the molecule is CCc1ccc(N2CCN(Cc3ccc(F)cc3)C(C)C2=O)cc1. The molecule has 1 fully saturated rings. The van der Waals surface area contributed by atoms with Gasteiger partial charge in [-0.1, -0.05) is 31.2 Å². The van der Waals surface area contributed by atoms with Crippen molar-refractivity contribution in [2.75, 3.05) is 18.0 Å². The predicted octanol–water partition coefficient (Wildman–Crippen LogP) is 3.63. The molecule has 0 aliphatic carbocycles. The van der Waals surface area contributed by atoms with Gasteiger partial charge in [0.15, 0.2) is 0 Å². The Balaban J connectivity index is 1.69. The van der Waals surface area contributed by atoms with E-state index in [9.17, 15) is 9.18 Å². The molecular weight excluding hydrogens is 303 g/mol. The van der Waals surface area contributed by atoms with E-state index >= 15 is 0 Å². The normalized spacial score (nSPS) is 18.9. The van der Waals surface area contributed by atoms with Gasteiger partial charge in [-0.2, -0.15) is 0 Å². The third kappa shape index (κ3) is 3.49. The van der Waals surface area contributed by atoms with Gasteiger partial charge in [0.2, 0.25) is 5.91 Å². The maximum atomic E-state index is 13.0. The van der Waals surface area contributed by atoms with Crippen LogP contribution in [0, 0.1) is 5.82 Å². The van der Waals surface area contributed by atoms with Crippen LogP contribution in [0.15, 0.2) is 48.5 Å². The number of carbonyl (C=O) groups excluding carboxylic acids is 1. The zero-order valence-corrected chi connectivity index (χ0v) is 14.2. The van der Waals surface area contributed by atoms with Crippen molar-refractivity contribution in [3.63, 3.8) is 0 Å². The highest BCUT2D eigenvalue weighted by Crippen LogP contribution is 2.22.